The summed E-state index contributed by atoms with van der Waals surface area (Å²) in [5, 5.41) is 9.51. The molecule has 2 aromatic carbocycles. The standard InChI is InChI=1S/C21H14FN5/c22-17-5-1-3-16(12-17)19-8-9-20-21(24-19)27(26-25-20)13-14-6-7-18-15(11-14)4-2-10-23-18/h1-12H,13H2. The SMILES string of the molecule is Fc1cccc(-c2ccc3nnn(Cc4ccc5ncccc5c4)c3n2)c1. The molecule has 5 nitrogen and oxygen atoms in total. The summed E-state index contributed by atoms with van der Waals surface area (Å²) in [7, 11) is 0. The fourth-order valence-electron chi connectivity index (χ4n) is 3.17. The van der Waals surface area contributed by atoms with Crippen LogP contribution >= 0.6 is 0 Å². The lowest BCUT2D eigenvalue weighted by Gasteiger charge is -2.05. The van der Waals surface area contributed by atoms with Gasteiger partial charge in [-0.2, -0.15) is 0 Å². The fourth-order valence-corrected chi connectivity index (χ4v) is 3.17. The van der Waals surface area contributed by atoms with Crippen LogP contribution in [-0.2, 0) is 6.54 Å². The van der Waals surface area contributed by atoms with Gasteiger partial charge in [0.05, 0.1) is 17.8 Å². The highest BCUT2D eigenvalue weighted by Crippen LogP contribution is 2.21. The third-order valence-corrected chi connectivity index (χ3v) is 4.48. The summed E-state index contributed by atoms with van der Waals surface area (Å²) >= 11 is 0. The van der Waals surface area contributed by atoms with Crippen molar-refractivity contribution in [1.82, 2.24) is 25.0 Å². The second-order valence-electron chi connectivity index (χ2n) is 6.33. The highest BCUT2D eigenvalue weighted by molar-refractivity contribution is 5.79. The lowest BCUT2D eigenvalue weighted by Crippen LogP contribution is -2.03. The first-order valence-electron chi connectivity index (χ1n) is 8.56. The van der Waals surface area contributed by atoms with E-state index in [1.807, 2.05) is 42.5 Å². The molecular formula is C21H14FN5. The quantitative estimate of drug-likeness (QED) is 0.486. The summed E-state index contributed by atoms with van der Waals surface area (Å²) in [6.45, 7) is 0.543. The Balaban J connectivity index is 1.55. The van der Waals surface area contributed by atoms with Gasteiger partial charge in [-0.15, -0.1) is 5.10 Å². The number of rotatable bonds is 3. The maximum absolute atomic E-state index is 13.5. The Morgan fingerprint density at radius 2 is 1.81 bits per heavy atom. The highest BCUT2D eigenvalue weighted by atomic mass is 19.1. The predicted molar refractivity (Wildman–Crippen MR) is 102 cm³/mol. The zero-order chi connectivity index (χ0) is 18.2. The van der Waals surface area contributed by atoms with Gasteiger partial charge in [-0.3, -0.25) is 4.98 Å². The van der Waals surface area contributed by atoms with Crippen LogP contribution in [0.15, 0.2) is 72.9 Å². The van der Waals surface area contributed by atoms with E-state index in [2.05, 4.69) is 26.3 Å². The summed E-state index contributed by atoms with van der Waals surface area (Å²) in [6, 6.07) is 20.2. The van der Waals surface area contributed by atoms with E-state index in [0.717, 1.165) is 22.0 Å². The van der Waals surface area contributed by atoms with Crippen molar-refractivity contribution >= 4 is 22.1 Å². The van der Waals surface area contributed by atoms with Crippen molar-refractivity contribution < 1.29 is 4.39 Å². The number of halogens is 1. The molecule has 130 valence electrons. The molecule has 5 rings (SSSR count). The predicted octanol–water partition coefficient (Wildman–Crippen LogP) is 4.23. The van der Waals surface area contributed by atoms with Gasteiger partial charge in [-0.05, 0) is 48.0 Å². The number of fused-ring (bicyclic) bond motifs is 2. The first kappa shape index (κ1) is 15.6. The highest BCUT2D eigenvalue weighted by Gasteiger charge is 2.10. The third kappa shape index (κ3) is 2.91. The van der Waals surface area contributed by atoms with Crippen molar-refractivity contribution in [1.29, 1.82) is 0 Å². The zero-order valence-electron chi connectivity index (χ0n) is 14.2. The van der Waals surface area contributed by atoms with Gasteiger partial charge in [0, 0.05) is 17.1 Å². The lowest BCUT2D eigenvalue weighted by molar-refractivity contribution is 0.628. The molecule has 0 radical (unpaired) electrons. The topological polar surface area (TPSA) is 56.5 Å². The molecular weight excluding hydrogens is 341 g/mol. The Kier molecular flexibility index (Phi) is 3.60. The van der Waals surface area contributed by atoms with Crippen molar-refractivity contribution in [3.8, 4) is 11.3 Å². The van der Waals surface area contributed by atoms with Crippen LogP contribution in [0.4, 0.5) is 4.39 Å². The van der Waals surface area contributed by atoms with Crippen LogP contribution in [0.3, 0.4) is 0 Å². The molecule has 0 aliphatic rings. The third-order valence-electron chi connectivity index (χ3n) is 4.48. The molecule has 0 aliphatic heterocycles. The molecule has 0 aliphatic carbocycles. The van der Waals surface area contributed by atoms with Crippen LogP contribution in [0, 0.1) is 5.82 Å². The second-order valence-corrected chi connectivity index (χ2v) is 6.33. The monoisotopic (exact) mass is 355 g/mol. The average Bonchev–Trinajstić information content (AvgIpc) is 3.10. The van der Waals surface area contributed by atoms with Crippen molar-refractivity contribution in [3.05, 3.63) is 84.3 Å². The number of hydrogen-bond donors (Lipinski definition) is 0. The van der Waals surface area contributed by atoms with E-state index in [1.165, 1.54) is 12.1 Å². The Morgan fingerprint density at radius 3 is 2.74 bits per heavy atom. The van der Waals surface area contributed by atoms with Crippen LogP contribution < -0.4 is 0 Å². The number of hydrogen-bond acceptors (Lipinski definition) is 4. The maximum Gasteiger partial charge on any atom is 0.179 e. The van der Waals surface area contributed by atoms with Gasteiger partial charge in [-0.1, -0.05) is 29.5 Å². The molecule has 3 heterocycles. The van der Waals surface area contributed by atoms with Gasteiger partial charge in [0.1, 0.15) is 11.3 Å². The normalized spacial score (nSPS) is 11.3. The molecule has 27 heavy (non-hydrogen) atoms. The number of aromatic nitrogens is 5. The molecule has 0 amide bonds. The van der Waals surface area contributed by atoms with Crippen LogP contribution in [0.25, 0.3) is 33.3 Å². The molecule has 3 aromatic heterocycles. The van der Waals surface area contributed by atoms with E-state index in [-0.39, 0.29) is 5.82 Å². The summed E-state index contributed by atoms with van der Waals surface area (Å²) in [5.41, 5.74) is 4.83. The molecule has 0 saturated heterocycles. The maximum atomic E-state index is 13.5. The van der Waals surface area contributed by atoms with E-state index in [0.29, 0.717) is 23.4 Å². The Labute approximate surface area is 154 Å². The van der Waals surface area contributed by atoms with E-state index in [4.69, 9.17) is 0 Å². The first-order chi connectivity index (χ1) is 13.3. The lowest BCUT2D eigenvalue weighted by atomic mass is 10.1. The molecule has 6 heteroatoms. The van der Waals surface area contributed by atoms with Gasteiger partial charge >= 0.3 is 0 Å². The molecule has 0 atom stereocenters. The molecule has 0 N–H and O–H groups in total. The van der Waals surface area contributed by atoms with Gasteiger partial charge in [0.25, 0.3) is 0 Å². The minimum atomic E-state index is -0.286. The average molecular weight is 355 g/mol. The smallest absolute Gasteiger partial charge is 0.179 e. The van der Waals surface area contributed by atoms with Crippen LogP contribution in [-0.4, -0.2) is 25.0 Å². The van der Waals surface area contributed by atoms with Crippen LogP contribution in [0.1, 0.15) is 5.56 Å². The number of nitrogens with zero attached hydrogens (tertiary/aromatic N) is 5. The van der Waals surface area contributed by atoms with E-state index in [9.17, 15) is 4.39 Å². The molecule has 5 aromatic rings. The summed E-state index contributed by atoms with van der Waals surface area (Å²) in [5.74, 6) is -0.286. The Morgan fingerprint density at radius 1 is 0.889 bits per heavy atom. The van der Waals surface area contributed by atoms with Crippen LogP contribution in [0.5, 0.6) is 0 Å². The molecule has 0 unspecified atom stereocenters. The summed E-state index contributed by atoms with van der Waals surface area (Å²) in [4.78, 5) is 9.01. The van der Waals surface area contributed by atoms with E-state index in [1.54, 1.807) is 16.9 Å². The summed E-state index contributed by atoms with van der Waals surface area (Å²) in [6.07, 6.45) is 1.78. The first-order valence-corrected chi connectivity index (χ1v) is 8.56. The minimum absolute atomic E-state index is 0.286. The summed E-state index contributed by atoms with van der Waals surface area (Å²) < 4.78 is 15.3. The zero-order valence-corrected chi connectivity index (χ0v) is 14.2. The number of benzene rings is 2. The number of pyridine rings is 2. The fraction of sp³-hybridized carbons (Fsp3) is 0.0476. The van der Waals surface area contributed by atoms with Crippen molar-refractivity contribution in [2.75, 3.05) is 0 Å². The second kappa shape index (κ2) is 6.25. The Bertz CT molecular complexity index is 1280. The van der Waals surface area contributed by atoms with Crippen molar-refractivity contribution in [2.24, 2.45) is 0 Å². The minimum Gasteiger partial charge on any atom is -0.256 e. The van der Waals surface area contributed by atoms with Gasteiger partial charge in [-0.25, -0.2) is 14.1 Å². The molecule has 0 bridgehead atoms. The van der Waals surface area contributed by atoms with Crippen molar-refractivity contribution in [2.45, 2.75) is 6.54 Å². The molecule has 0 saturated carbocycles. The van der Waals surface area contributed by atoms with E-state index >= 15 is 0 Å². The Hall–Kier alpha value is -3.67. The largest absolute Gasteiger partial charge is 0.256 e. The van der Waals surface area contributed by atoms with Crippen LogP contribution in [0.2, 0.25) is 0 Å². The van der Waals surface area contributed by atoms with Gasteiger partial charge in [0.15, 0.2) is 5.65 Å². The molecule has 0 spiro atoms. The van der Waals surface area contributed by atoms with Crippen molar-refractivity contribution in [3.63, 3.8) is 0 Å². The van der Waals surface area contributed by atoms with E-state index < -0.39 is 0 Å². The van der Waals surface area contributed by atoms with Gasteiger partial charge < -0.3 is 0 Å². The van der Waals surface area contributed by atoms with Gasteiger partial charge in [0.2, 0.25) is 0 Å². The molecule has 0 fully saturated rings.